The van der Waals surface area contributed by atoms with E-state index in [1.807, 2.05) is 0 Å². The first kappa shape index (κ1) is 11.1. The molecule has 0 aromatic carbocycles. The number of carbonyl (C=O) groups excluding carboxylic acids is 2. The predicted molar refractivity (Wildman–Crippen MR) is 40.1 cm³/mol. The van der Waals surface area contributed by atoms with Crippen molar-refractivity contribution in [2.24, 2.45) is 5.92 Å². The maximum atomic E-state index is 10.9. The fourth-order valence-electron chi connectivity index (χ4n) is 1.21. The first-order valence-corrected chi connectivity index (χ1v) is 3.36. The van der Waals surface area contributed by atoms with Crippen molar-refractivity contribution in [2.75, 3.05) is 7.11 Å². The Morgan fingerprint density at radius 1 is 1.64 bits per heavy atom. The van der Waals surface area contributed by atoms with E-state index in [2.05, 4.69) is 4.74 Å². The van der Waals surface area contributed by atoms with Crippen LogP contribution in [-0.2, 0) is 14.3 Å². The average molecular weight is 165 g/mol. The first-order chi connectivity index (χ1) is 4.75. The van der Waals surface area contributed by atoms with E-state index >= 15 is 0 Å². The van der Waals surface area contributed by atoms with Crippen LogP contribution < -0.4 is 0 Å². The minimum Gasteiger partial charge on any atom is -0.468 e. The molecule has 1 fully saturated rings. The number of methoxy groups -OCH3 is 1. The molecule has 1 atom stereocenters. The molecule has 0 heterocycles. The number of carbonyl (C=O) groups is 2. The molecule has 0 spiro atoms. The largest absolute Gasteiger partial charge is 0.468 e. The number of ketones is 1. The van der Waals surface area contributed by atoms with E-state index in [-0.39, 0.29) is 41.3 Å². The predicted octanol–water partition coefficient (Wildman–Crippen LogP) is 0.148. The average Bonchev–Trinajstić information content (AvgIpc) is 2.34. The minimum absolute atomic E-state index is 0. The molecule has 0 aliphatic heterocycles. The van der Waals surface area contributed by atoms with Gasteiger partial charge in [-0.15, -0.1) is 0 Å². The van der Waals surface area contributed by atoms with Gasteiger partial charge in [0.25, 0.3) is 0 Å². The van der Waals surface area contributed by atoms with Gasteiger partial charge in [-0.1, -0.05) is 0 Å². The van der Waals surface area contributed by atoms with Crippen LogP contribution in [0.25, 0.3) is 0 Å². The normalized spacial score (nSPS) is 22.6. The van der Waals surface area contributed by atoms with Crippen LogP contribution in [0.4, 0.5) is 0 Å². The summed E-state index contributed by atoms with van der Waals surface area (Å²) in [5.41, 5.74) is 0. The third-order valence-corrected chi connectivity index (χ3v) is 1.79. The SMILES string of the molecule is COC(=O)C1CCCC1=O.[Na]. The maximum absolute atomic E-state index is 10.9. The Balaban J connectivity index is 0.000001000. The van der Waals surface area contributed by atoms with Crippen LogP contribution in [0, 0.1) is 5.92 Å². The standard InChI is InChI=1S/C7H10O3.Na/c1-10-7(9)5-3-2-4-6(5)8;/h5H,2-4H2,1H3;. The smallest absolute Gasteiger partial charge is 0.316 e. The van der Waals surface area contributed by atoms with Crippen molar-refractivity contribution in [1.82, 2.24) is 0 Å². The van der Waals surface area contributed by atoms with Gasteiger partial charge in [-0.3, -0.25) is 9.59 Å². The quantitative estimate of drug-likeness (QED) is 0.315. The molecule has 1 saturated carbocycles. The van der Waals surface area contributed by atoms with Crippen LogP contribution in [0.3, 0.4) is 0 Å². The van der Waals surface area contributed by atoms with Gasteiger partial charge in [0, 0.05) is 36.0 Å². The Bertz CT molecular complexity index is 167. The molecule has 0 saturated heterocycles. The summed E-state index contributed by atoms with van der Waals surface area (Å²) in [6.07, 6.45) is 2.05. The molecule has 1 aliphatic carbocycles. The van der Waals surface area contributed by atoms with Crippen LogP contribution in [0.1, 0.15) is 19.3 Å². The van der Waals surface area contributed by atoms with Crippen molar-refractivity contribution in [2.45, 2.75) is 19.3 Å². The van der Waals surface area contributed by atoms with Crippen molar-refractivity contribution in [1.29, 1.82) is 0 Å². The van der Waals surface area contributed by atoms with Gasteiger partial charge in [-0.2, -0.15) is 0 Å². The van der Waals surface area contributed by atoms with Gasteiger partial charge in [0.2, 0.25) is 0 Å². The molecular weight excluding hydrogens is 155 g/mol. The Hall–Kier alpha value is 0.140. The maximum Gasteiger partial charge on any atom is 0.316 e. The summed E-state index contributed by atoms with van der Waals surface area (Å²) >= 11 is 0. The number of hydrogen-bond donors (Lipinski definition) is 0. The zero-order chi connectivity index (χ0) is 7.56. The Kier molecular flexibility index (Phi) is 4.97. The third-order valence-electron chi connectivity index (χ3n) is 1.79. The molecule has 1 unspecified atom stereocenters. The molecule has 1 radical (unpaired) electrons. The van der Waals surface area contributed by atoms with Gasteiger partial charge in [-0.05, 0) is 12.8 Å². The molecule has 57 valence electrons. The molecule has 0 aromatic rings. The monoisotopic (exact) mass is 165 g/mol. The molecular formula is C7H10NaO3. The summed E-state index contributed by atoms with van der Waals surface area (Å²) in [6.45, 7) is 0. The minimum atomic E-state index is -0.454. The number of rotatable bonds is 1. The van der Waals surface area contributed by atoms with E-state index in [1.54, 1.807) is 0 Å². The van der Waals surface area contributed by atoms with E-state index in [0.29, 0.717) is 12.8 Å². The first-order valence-electron chi connectivity index (χ1n) is 3.36. The van der Waals surface area contributed by atoms with Crippen molar-refractivity contribution in [3.8, 4) is 0 Å². The van der Waals surface area contributed by atoms with E-state index in [4.69, 9.17) is 0 Å². The zero-order valence-electron chi connectivity index (χ0n) is 6.92. The number of Topliss-reactive ketones (excluding diaryl/α,β-unsaturated/α-hetero) is 1. The number of hydrogen-bond acceptors (Lipinski definition) is 3. The Labute approximate surface area is 87.8 Å². The molecule has 0 N–H and O–H groups in total. The second-order valence-electron chi connectivity index (χ2n) is 2.43. The fourth-order valence-corrected chi connectivity index (χ4v) is 1.21. The Morgan fingerprint density at radius 3 is 2.64 bits per heavy atom. The van der Waals surface area contributed by atoms with Gasteiger partial charge in [0.05, 0.1) is 7.11 Å². The second-order valence-corrected chi connectivity index (χ2v) is 2.43. The summed E-state index contributed by atoms with van der Waals surface area (Å²) in [5.74, 6) is -0.792. The van der Waals surface area contributed by atoms with Crippen molar-refractivity contribution < 1.29 is 14.3 Å². The van der Waals surface area contributed by atoms with E-state index in [1.165, 1.54) is 7.11 Å². The van der Waals surface area contributed by atoms with Crippen molar-refractivity contribution in [3.63, 3.8) is 0 Å². The Morgan fingerprint density at radius 2 is 2.27 bits per heavy atom. The number of esters is 1. The van der Waals surface area contributed by atoms with Crippen LogP contribution in [0.15, 0.2) is 0 Å². The van der Waals surface area contributed by atoms with Gasteiger partial charge in [0.15, 0.2) is 0 Å². The van der Waals surface area contributed by atoms with Crippen LogP contribution in [0.5, 0.6) is 0 Å². The third kappa shape index (κ3) is 2.58. The molecule has 11 heavy (non-hydrogen) atoms. The summed E-state index contributed by atoms with van der Waals surface area (Å²) < 4.78 is 4.44. The molecule has 0 aromatic heterocycles. The van der Waals surface area contributed by atoms with Crippen LogP contribution in [-0.4, -0.2) is 48.4 Å². The molecule has 0 bridgehead atoms. The summed E-state index contributed by atoms with van der Waals surface area (Å²) in [6, 6.07) is 0. The zero-order valence-corrected chi connectivity index (χ0v) is 8.92. The van der Waals surface area contributed by atoms with Crippen LogP contribution >= 0.6 is 0 Å². The van der Waals surface area contributed by atoms with Gasteiger partial charge in [0.1, 0.15) is 11.7 Å². The fraction of sp³-hybridized carbons (Fsp3) is 0.714. The molecule has 4 heteroatoms. The number of ether oxygens (including phenoxy) is 1. The van der Waals surface area contributed by atoms with E-state index in [9.17, 15) is 9.59 Å². The second kappa shape index (κ2) is 4.91. The van der Waals surface area contributed by atoms with E-state index in [0.717, 1.165) is 6.42 Å². The summed E-state index contributed by atoms with van der Waals surface area (Å²) in [7, 11) is 1.31. The molecule has 1 aliphatic rings. The van der Waals surface area contributed by atoms with E-state index < -0.39 is 5.92 Å². The van der Waals surface area contributed by atoms with Gasteiger partial charge < -0.3 is 4.74 Å². The van der Waals surface area contributed by atoms with Gasteiger partial charge >= 0.3 is 5.97 Å². The van der Waals surface area contributed by atoms with Crippen molar-refractivity contribution >= 4 is 41.3 Å². The van der Waals surface area contributed by atoms with Crippen molar-refractivity contribution in [3.05, 3.63) is 0 Å². The molecule has 0 amide bonds. The summed E-state index contributed by atoms with van der Waals surface area (Å²) in [4.78, 5) is 21.7. The van der Waals surface area contributed by atoms with Crippen LogP contribution in [0.2, 0.25) is 0 Å². The summed E-state index contributed by atoms with van der Waals surface area (Å²) in [5, 5.41) is 0. The van der Waals surface area contributed by atoms with Gasteiger partial charge in [-0.25, -0.2) is 0 Å². The topological polar surface area (TPSA) is 43.4 Å². The molecule has 1 rings (SSSR count). The molecule has 3 nitrogen and oxygen atoms in total.